The van der Waals surface area contributed by atoms with Crippen LogP contribution in [0.3, 0.4) is 0 Å². The van der Waals surface area contributed by atoms with Crippen molar-refractivity contribution in [1.82, 2.24) is 15.3 Å². The standard InChI is InChI=1S/C9H13N3O2S/c1-6-7-3-10-4-8(7)12-9(11-6)5-15(2,13)14/h10H,3-5H2,1-2H3. The topological polar surface area (TPSA) is 72.0 Å². The number of nitrogens with zero attached hydrogens (tertiary/aromatic N) is 2. The summed E-state index contributed by atoms with van der Waals surface area (Å²) in [6, 6.07) is 0. The van der Waals surface area contributed by atoms with E-state index in [1.165, 1.54) is 6.26 Å². The van der Waals surface area contributed by atoms with Crippen LogP contribution in [0, 0.1) is 6.92 Å². The number of hydrogen-bond donors (Lipinski definition) is 1. The lowest BCUT2D eigenvalue weighted by molar-refractivity contribution is 0.599. The minimum absolute atomic E-state index is 0.0822. The Balaban J connectivity index is 2.40. The molecule has 0 aromatic carbocycles. The van der Waals surface area contributed by atoms with Gasteiger partial charge in [-0.2, -0.15) is 0 Å². The summed E-state index contributed by atoms with van der Waals surface area (Å²) in [5.41, 5.74) is 2.91. The Bertz CT molecular complexity index is 496. The molecule has 1 N–H and O–H groups in total. The average Bonchev–Trinajstić information content (AvgIpc) is 2.48. The fraction of sp³-hybridized carbons (Fsp3) is 0.556. The van der Waals surface area contributed by atoms with Crippen LogP contribution >= 0.6 is 0 Å². The summed E-state index contributed by atoms with van der Waals surface area (Å²) in [7, 11) is -3.06. The van der Waals surface area contributed by atoms with Gasteiger partial charge in [0.25, 0.3) is 0 Å². The fourth-order valence-corrected chi connectivity index (χ4v) is 2.30. The number of rotatable bonds is 2. The molecule has 0 spiro atoms. The zero-order valence-corrected chi connectivity index (χ0v) is 9.56. The van der Waals surface area contributed by atoms with E-state index in [4.69, 9.17) is 0 Å². The Hall–Kier alpha value is -1.01. The fourth-order valence-electron chi connectivity index (χ4n) is 1.70. The van der Waals surface area contributed by atoms with Crippen molar-refractivity contribution in [2.24, 2.45) is 0 Å². The van der Waals surface area contributed by atoms with E-state index in [0.29, 0.717) is 12.4 Å². The Morgan fingerprint density at radius 3 is 2.73 bits per heavy atom. The maximum Gasteiger partial charge on any atom is 0.154 e. The van der Waals surface area contributed by atoms with E-state index in [-0.39, 0.29) is 5.75 Å². The second kappa shape index (κ2) is 3.53. The molecule has 1 aliphatic heterocycles. The normalized spacial score (nSPS) is 15.3. The summed E-state index contributed by atoms with van der Waals surface area (Å²) in [6.45, 7) is 3.37. The van der Waals surface area contributed by atoms with Gasteiger partial charge < -0.3 is 5.32 Å². The van der Waals surface area contributed by atoms with Crippen LogP contribution in [0.25, 0.3) is 0 Å². The van der Waals surface area contributed by atoms with Gasteiger partial charge in [0.15, 0.2) is 9.84 Å². The van der Waals surface area contributed by atoms with Crippen LogP contribution in [0.5, 0.6) is 0 Å². The predicted molar refractivity (Wildman–Crippen MR) is 55.9 cm³/mol. The molecule has 0 aliphatic carbocycles. The molecule has 6 heteroatoms. The van der Waals surface area contributed by atoms with Crippen LogP contribution in [-0.2, 0) is 28.7 Å². The van der Waals surface area contributed by atoms with Gasteiger partial charge in [-0.05, 0) is 6.92 Å². The maximum atomic E-state index is 11.1. The van der Waals surface area contributed by atoms with Crippen LogP contribution in [-0.4, -0.2) is 24.6 Å². The van der Waals surface area contributed by atoms with E-state index < -0.39 is 9.84 Å². The zero-order chi connectivity index (χ0) is 11.1. The first kappa shape index (κ1) is 10.5. The monoisotopic (exact) mass is 227 g/mol. The second-order valence-electron chi connectivity index (χ2n) is 3.82. The summed E-state index contributed by atoms with van der Waals surface area (Å²) in [5.74, 6) is 0.318. The number of aryl methyl sites for hydroxylation is 1. The molecule has 0 amide bonds. The molecule has 1 aromatic heterocycles. The SMILES string of the molecule is Cc1nc(CS(C)(=O)=O)nc2c1CNC2. The third kappa shape index (κ3) is 2.32. The second-order valence-corrected chi connectivity index (χ2v) is 5.96. The van der Waals surface area contributed by atoms with Gasteiger partial charge in [-0.25, -0.2) is 18.4 Å². The molecule has 1 aliphatic rings. The van der Waals surface area contributed by atoms with Gasteiger partial charge in [0.2, 0.25) is 0 Å². The number of hydrogen-bond acceptors (Lipinski definition) is 5. The van der Waals surface area contributed by atoms with E-state index in [1.807, 2.05) is 6.92 Å². The van der Waals surface area contributed by atoms with E-state index in [0.717, 1.165) is 23.5 Å². The molecule has 0 atom stereocenters. The van der Waals surface area contributed by atoms with Gasteiger partial charge >= 0.3 is 0 Å². The Labute approximate surface area is 88.9 Å². The molecule has 0 unspecified atom stereocenters. The average molecular weight is 227 g/mol. The molecule has 0 bridgehead atoms. The van der Waals surface area contributed by atoms with Crippen molar-refractivity contribution in [2.75, 3.05) is 6.26 Å². The van der Waals surface area contributed by atoms with Crippen molar-refractivity contribution in [3.8, 4) is 0 Å². The number of nitrogens with one attached hydrogen (secondary N) is 1. The van der Waals surface area contributed by atoms with Crippen molar-refractivity contribution in [3.63, 3.8) is 0 Å². The van der Waals surface area contributed by atoms with Gasteiger partial charge in [0.1, 0.15) is 11.6 Å². The zero-order valence-electron chi connectivity index (χ0n) is 8.74. The van der Waals surface area contributed by atoms with Gasteiger partial charge in [-0.15, -0.1) is 0 Å². The molecule has 0 saturated carbocycles. The van der Waals surface area contributed by atoms with Gasteiger partial charge in [-0.1, -0.05) is 0 Å². The highest BCUT2D eigenvalue weighted by molar-refractivity contribution is 7.89. The summed E-state index contributed by atoms with van der Waals surface area (Å²) in [6.07, 6.45) is 1.19. The van der Waals surface area contributed by atoms with E-state index >= 15 is 0 Å². The third-order valence-electron chi connectivity index (χ3n) is 2.33. The highest BCUT2D eigenvalue weighted by atomic mass is 32.2. The number of fused-ring (bicyclic) bond motifs is 1. The van der Waals surface area contributed by atoms with Crippen LogP contribution < -0.4 is 5.32 Å². The quantitative estimate of drug-likeness (QED) is 0.766. The molecule has 2 rings (SSSR count). The third-order valence-corrected chi connectivity index (χ3v) is 3.11. The summed E-state index contributed by atoms with van der Waals surface area (Å²) in [4.78, 5) is 8.45. The lowest BCUT2D eigenvalue weighted by Crippen LogP contribution is -2.08. The molecule has 5 nitrogen and oxygen atoms in total. The maximum absolute atomic E-state index is 11.1. The van der Waals surface area contributed by atoms with Crippen LogP contribution in [0.1, 0.15) is 22.8 Å². The minimum Gasteiger partial charge on any atom is -0.307 e. The molecule has 0 saturated heterocycles. The van der Waals surface area contributed by atoms with Crippen molar-refractivity contribution in [3.05, 3.63) is 22.8 Å². The lowest BCUT2D eigenvalue weighted by Gasteiger charge is -2.04. The Kier molecular flexibility index (Phi) is 2.47. The Morgan fingerprint density at radius 2 is 2.07 bits per heavy atom. The van der Waals surface area contributed by atoms with Gasteiger partial charge in [0, 0.05) is 30.6 Å². The van der Waals surface area contributed by atoms with E-state index in [2.05, 4.69) is 15.3 Å². The molecule has 15 heavy (non-hydrogen) atoms. The van der Waals surface area contributed by atoms with Crippen molar-refractivity contribution >= 4 is 9.84 Å². The van der Waals surface area contributed by atoms with E-state index in [9.17, 15) is 8.42 Å². The van der Waals surface area contributed by atoms with Crippen LogP contribution in [0.2, 0.25) is 0 Å². The summed E-state index contributed by atoms with van der Waals surface area (Å²) < 4.78 is 22.2. The van der Waals surface area contributed by atoms with Crippen molar-refractivity contribution in [1.29, 1.82) is 0 Å². The summed E-state index contributed by atoms with van der Waals surface area (Å²) in [5, 5.41) is 3.17. The first-order valence-electron chi connectivity index (χ1n) is 4.69. The number of aromatic nitrogens is 2. The Morgan fingerprint density at radius 1 is 1.33 bits per heavy atom. The lowest BCUT2D eigenvalue weighted by atomic mass is 10.2. The molecular weight excluding hydrogens is 214 g/mol. The molecule has 82 valence electrons. The number of sulfone groups is 1. The van der Waals surface area contributed by atoms with E-state index in [1.54, 1.807) is 0 Å². The highest BCUT2D eigenvalue weighted by Crippen LogP contribution is 2.16. The first-order valence-corrected chi connectivity index (χ1v) is 6.75. The molecule has 0 fully saturated rings. The first-order chi connectivity index (χ1) is 6.96. The van der Waals surface area contributed by atoms with Crippen molar-refractivity contribution < 1.29 is 8.42 Å². The van der Waals surface area contributed by atoms with Gasteiger partial charge in [-0.3, -0.25) is 0 Å². The molecular formula is C9H13N3O2S. The van der Waals surface area contributed by atoms with Crippen LogP contribution in [0.15, 0.2) is 0 Å². The largest absolute Gasteiger partial charge is 0.307 e. The smallest absolute Gasteiger partial charge is 0.154 e. The molecule has 1 aromatic rings. The van der Waals surface area contributed by atoms with Gasteiger partial charge in [0.05, 0.1) is 5.69 Å². The van der Waals surface area contributed by atoms with Crippen LogP contribution in [0.4, 0.5) is 0 Å². The summed E-state index contributed by atoms with van der Waals surface area (Å²) >= 11 is 0. The molecule has 2 heterocycles. The minimum atomic E-state index is -3.06. The van der Waals surface area contributed by atoms with Crippen molar-refractivity contribution in [2.45, 2.75) is 25.8 Å². The highest BCUT2D eigenvalue weighted by Gasteiger charge is 2.17. The molecule has 0 radical (unpaired) electrons. The predicted octanol–water partition coefficient (Wildman–Crippen LogP) is -0.0672.